The van der Waals surface area contributed by atoms with Crippen LogP contribution in [0.3, 0.4) is 0 Å². The molecule has 8 nitrogen and oxygen atoms in total. The first-order chi connectivity index (χ1) is 21.0. The zero-order valence-electron chi connectivity index (χ0n) is 25.5. The van der Waals surface area contributed by atoms with Crippen molar-refractivity contribution < 1.29 is 24.1 Å². The van der Waals surface area contributed by atoms with Crippen molar-refractivity contribution in [2.24, 2.45) is 5.92 Å². The number of rotatable bonds is 11. The molecule has 230 valence electrons. The van der Waals surface area contributed by atoms with Gasteiger partial charge in [-0.1, -0.05) is 67.6 Å². The van der Waals surface area contributed by atoms with Crippen LogP contribution in [0.15, 0.2) is 72.8 Å². The van der Waals surface area contributed by atoms with Crippen LogP contribution in [0.5, 0.6) is 0 Å². The molecule has 5 atom stereocenters. The van der Waals surface area contributed by atoms with Gasteiger partial charge >= 0.3 is 6.03 Å². The molecule has 2 aliphatic heterocycles. The standard InChI is InChI=1S/C35H45N3O5/c1-4-36-35(40)37-20-26-8-5-9-28(18-26)29-10-6-11-30(19-29)34-42-32(21-38-17-7-12-31(38)23-41-3)24(2)33(43-34)27-15-13-25(22-39)14-16-27/h5-6,8-11,13-16,18-19,24,31-34,39H,4,7,12,17,20-23H2,1-3H3,(H2,36,37,40)/t24-,31+,32+,33+,34+/m1/s1. The summed E-state index contributed by atoms with van der Waals surface area (Å²) in [7, 11) is 1.77. The Labute approximate surface area is 255 Å². The average molecular weight is 588 g/mol. The van der Waals surface area contributed by atoms with Crippen LogP contribution in [0, 0.1) is 5.92 Å². The number of nitrogens with zero attached hydrogens (tertiary/aromatic N) is 1. The van der Waals surface area contributed by atoms with Crippen molar-refractivity contribution in [1.82, 2.24) is 15.5 Å². The largest absolute Gasteiger partial charge is 0.392 e. The lowest BCUT2D eigenvalue weighted by molar-refractivity contribution is -0.276. The SMILES string of the molecule is CCNC(=O)NCc1cccc(-c2cccc([C@H]3O[C@@H](CN4CCC[C@H]4COC)[C@@H](C)[C@@H](c4ccc(CO)cc4)O3)c2)c1. The Balaban J connectivity index is 1.39. The Kier molecular flexibility index (Phi) is 10.8. The number of carbonyl (C=O) groups is 1. The predicted octanol–water partition coefficient (Wildman–Crippen LogP) is 5.57. The van der Waals surface area contributed by atoms with E-state index in [-0.39, 0.29) is 30.8 Å². The summed E-state index contributed by atoms with van der Waals surface area (Å²) in [5, 5.41) is 15.2. The maximum atomic E-state index is 11.9. The van der Waals surface area contributed by atoms with E-state index < -0.39 is 6.29 Å². The van der Waals surface area contributed by atoms with Gasteiger partial charge in [-0.15, -0.1) is 0 Å². The van der Waals surface area contributed by atoms with Crippen LogP contribution in [-0.2, 0) is 27.4 Å². The van der Waals surface area contributed by atoms with Crippen LogP contribution in [-0.4, -0.2) is 61.5 Å². The molecule has 8 heteroatoms. The Morgan fingerprint density at radius 3 is 2.49 bits per heavy atom. The summed E-state index contributed by atoms with van der Waals surface area (Å²) in [5.74, 6) is 0.122. The van der Waals surface area contributed by atoms with Crippen molar-refractivity contribution in [1.29, 1.82) is 0 Å². The molecule has 2 saturated heterocycles. The van der Waals surface area contributed by atoms with Gasteiger partial charge in [0.25, 0.3) is 0 Å². The minimum atomic E-state index is -0.533. The van der Waals surface area contributed by atoms with Crippen molar-refractivity contribution in [2.75, 3.05) is 33.4 Å². The maximum Gasteiger partial charge on any atom is 0.315 e. The minimum Gasteiger partial charge on any atom is -0.392 e. The minimum absolute atomic E-state index is 0.0154. The van der Waals surface area contributed by atoms with Crippen molar-refractivity contribution in [3.8, 4) is 11.1 Å². The van der Waals surface area contributed by atoms with E-state index in [2.05, 4.69) is 64.9 Å². The fourth-order valence-corrected chi connectivity index (χ4v) is 6.21. The molecule has 3 aromatic carbocycles. The van der Waals surface area contributed by atoms with Gasteiger partial charge in [0, 0.05) is 44.3 Å². The van der Waals surface area contributed by atoms with E-state index >= 15 is 0 Å². The Morgan fingerprint density at radius 1 is 0.977 bits per heavy atom. The molecule has 2 aliphatic rings. The van der Waals surface area contributed by atoms with E-state index in [0.717, 1.165) is 59.5 Å². The molecule has 3 aromatic rings. The Morgan fingerprint density at radius 2 is 1.74 bits per heavy atom. The molecule has 2 fully saturated rings. The van der Waals surface area contributed by atoms with Crippen molar-refractivity contribution >= 4 is 6.03 Å². The topological polar surface area (TPSA) is 92.3 Å². The van der Waals surface area contributed by atoms with Crippen LogP contribution < -0.4 is 10.6 Å². The van der Waals surface area contributed by atoms with E-state index in [1.54, 1.807) is 7.11 Å². The summed E-state index contributed by atoms with van der Waals surface area (Å²) in [6, 6.07) is 24.8. The van der Waals surface area contributed by atoms with Gasteiger partial charge in [0.1, 0.15) is 0 Å². The zero-order chi connectivity index (χ0) is 30.2. The molecule has 0 saturated carbocycles. The molecule has 3 N–H and O–H groups in total. The summed E-state index contributed by atoms with van der Waals surface area (Å²) in [6.07, 6.45) is 1.58. The second-order valence-electron chi connectivity index (χ2n) is 11.6. The lowest BCUT2D eigenvalue weighted by atomic mass is 9.89. The van der Waals surface area contributed by atoms with Gasteiger partial charge in [-0.05, 0) is 66.3 Å². The van der Waals surface area contributed by atoms with E-state index in [4.69, 9.17) is 14.2 Å². The van der Waals surface area contributed by atoms with Crippen molar-refractivity contribution in [3.63, 3.8) is 0 Å². The first-order valence-corrected chi connectivity index (χ1v) is 15.4. The van der Waals surface area contributed by atoms with Gasteiger partial charge in [0.15, 0.2) is 6.29 Å². The third kappa shape index (κ3) is 7.82. The summed E-state index contributed by atoms with van der Waals surface area (Å²) in [5.41, 5.74) is 6.08. The molecule has 43 heavy (non-hydrogen) atoms. The number of benzene rings is 3. The number of carbonyl (C=O) groups excluding carboxylic acids is 1. The number of ether oxygens (including phenoxy) is 3. The van der Waals surface area contributed by atoms with Crippen LogP contribution >= 0.6 is 0 Å². The molecule has 0 unspecified atom stereocenters. The second-order valence-corrected chi connectivity index (χ2v) is 11.6. The van der Waals surface area contributed by atoms with Crippen LogP contribution in [0.2, 0.25) is 0 Å². The molecular formula is C35H45N3O5. The molecule has 0 aromatic heterocycles. The number of aliphatic hydroxyl groups excluding tert-OH is 1. The fourth-order valence-electron chi connectivity index (χ4n) is 6.21. The summed E-state index contributed by atoms with van der Waals surface area (Å²) < 4.78 is 19.0. The van der Waals surface area contributed by atoms with Crippen LogP contribution in [0.4, 0.5) is 4.79 Å². The lowest BCUT2D eigenvalue weighted by Gasteiger charge is -2.43. The molecular weight excluding hydrogens is 542 g/mol. The average Bonchev–Trinajstić information content (AvgIpc) is 3.48. The number of likely N-dealkylation sites (tertiary alicyclic amines) is 1. The Hall–Kier alpha value is -3.27. The number of methoxy groups -OCH3 is 1. The molecule has 0 aliphatic carbocycles. The first kappa shape index (κ1) is 31.2. The van der Waals surface area contributed by atoms with E-state index in [0.29, 0.717) is 19.1 Å². The molecule has 5 rings (SSSR count). The quantitative estimate of drug-likeness (QED) is 0.272. The van der Waals surface area contributed by atoms with Crippen molar-refractivity contribution in [3.05, 3.63) is 95.1 Å². The van der Waals surface area contributed by atoms with Gasteiger partial charge in [0.05, 0.1) is 25.4 Å². The lowest BCUT2D eigenvalue weighted by Crippen LogP contribution is -2.46. The van der Waals surface area contributed by atoms with Gasteiger partial charge < -0.3 is 30.0 Å². The number of urea groups is 1. The van der Waals surface area contributed by atoms with Crippen LogP contribution in [0.1, 0.15) is 61.3 Å². The summed E-state index contributed by atoms with van der Waals surface area (Å²) in [6.45, 7) is 7.76. The van der Waals surface area contributed by atoms with Gasteiger partial charge in [-0.25, -0.2) is 4.79 Å². The highest BCUT2D eigenvalue weighted by molar-refractivity contribution is 5.74. The smallest absolute Gasteiger partial charge is 0.315 e. The first-order valence-electron chi connectivity index (χ1n) is 15.4. The fraction of sp³-hybridized carbons (Fsp3) is 0.457. The summed E-state index contributed by atoms with van der Waals surface area (Å²) in [4.78, 5) is 14.4. The molecule has 0 spiro atoms. The van der Waals surface area contributed by atoms with Crippen LogP contribution in [0.25, 0.3) is 11.1 Å². The van der Waals surface area contributed by atoms with Gasteiger partial charge in [-0.3, -0.25) is 4.90 Å². The van der Waals surface area contributed by atoms with E-state index in [1.807, 2.05) is 37.3 Å². The number of hydrogen-bond acceptors (Lipinski definition) is 6. The molecule has 0 bridgehead atoms. The third-order valence-corrected chi connectivity index (χ3v) is 8.61. The second kappa shape index (κ2) is 14.9. The van der Waals surface area contributed by atoms with E-state index in [9.17, 15) is 9.90 Å². The highest BCUT2D eigenvalue weighted by Gasteiger charge is 2.40. The number of nitrogens with one attached hydrogen (secondary N) is 2. The molecule has 0 radical (unpaired) electrons. The molecule has 2 amide bonds. The monoisotopic (exact) mass is 587 g/mol. The third-order valence-electron chi connectivity index (χ3n) is 8.61. The maximum absolute atomic E-state index is 11.9. The predicted molar refractivity (Wildman–Crippen MR) is 167 cm³/mol. The summed E-state index contributed by atoms with van der Waals surface area (Å²) >= 11 is 0. The number of hydrogen-bond donors (Lipinski definition) is 3. The van der Waals surface area contributed by atoms with E-state index in [1.165, 1.54) is 6.42 Å². The normalized spacial score (nSPS) is 24.1. The van der Waals surface area contributed by atoms with Gasteiger partial charge in [-0.2, -0.15) is 0 Å². The number of amides is 2. The number of aliphatic hydroxyl groups is 1. The highest BCUT2D eigenvalue weighted by atomic mass is 16.7. The molecule has 2 heterocycles. The Bertz CT molecular complexity index is 1330. The van der Waals surface area contributed by atoms with Crippen molar-refractivity contribution in [2.45, 2.75) is 64.4 Å². The zero-order valence-corrected chi connectivity index (χ0v) is 25.5. The highest BCUT2D eigenvalue weighted by Crippen LogP contribution is 2.43. The van der Waals surface area contributed by atoms with Gasteiger partial charge in [0.2, 0.25) is 0 Å².